The fraction of sp³-hybridized carbons (Fsp3) is 0.273. The molecule has 1 aromatic carbocycles. The van der Waals surface area contributed by atoms with Crippen LogP contribution in [0, 0.1) is 6.92 Å². The molecule has 1 aliphatic rings. The average molecular weight is 287 g/mol. The molecule has 0 spiro atoms. The molecule has 1 atom stereocenters. The highest BCUT2D eigenvalue weighted by molar-refractivity contribution is 9.11. The Balaban J connectivity index is 2.35. The Morgan fingerprint density at radius 1 is 1.33 bits per heavy atom. The summed E-state index contributed by atoms with van der Waals surface area (Å²) in [7, 11) is -3.14. The van der Waals surface area contributed by atoms with E-state index in [2.05, 4.69) is 15.9 Å². The molecule has 0 amide bonds. The molecule has 4 heteroatoms. The Kier molecular flexibility index (Phi) is 2.73. The minimum atomic E-state index is -3.14. The van der Waals surface area contributed by atoms with Gasteiger partial charge in [-0.3, -0.25) is 0 Å². The lowest BCUT2D eigenvalue weighted by Crippen LogP contribution is -2.07. The molecule has 0 heterocycles. The molecule has 2 rings (SSSR count). The van der Waals surface area contributed by atoms with E-state index >= 15 is 0 Å². The summed E-state index contributed by atoms with van der Waals surface area (Å²) in [5, 5.41) is -0.306. The summed E-state index contributed by atoms with van der Waals surface area (Å²) in [5.41, 5.74) is 2.02. The standard InChI is InChI=1S/C11H11BrO2S/c1-8-2-4-10(5-3-8)15(13,14)11-6-9(11)7-12/h2-5,7,11H,6H2,1H3/b9-7+. The highest BCUT2D eigenvalue weighted by Crippen LogP contribution is 2.40. The van der Waals surface area contributed by atoms with Crippen molar-refractivity contribution in [3.63, 3.8) is 0 Å². The van der Waals surface area contributed by atoms with Crippen LogP contribution in [0.5, 0.6) is 0 Å². The molecule has 2 nitrogen and oxygen atoms in total. The van der Waals surface area contributed by atoms with Crippen molar-refractivity contribution in [2.24, 2.45) is 0 Å². The van der Waals surface area contributed by atoms with Crippen molar-refractivity contribution in [2.75, 3.05) is 0 Å². The van der Waals surface area contributed by atoms with Gasteiger partial charge in [-0.05, 0) is 36.0 Å². The highest BCUT2D eigenvalue weighted by Gasteiger charge is 2.42. The number of halogens is 1. The zero-order valence-corrected chi connectivity index (χ0v) is 10.7. The molecule has 0 saturated heterocycles. The average Bonchev–Trinajstić information content (AvgIpc) is 2.98. The van der Waals surface area contributed by atoms with Crippen LogP contribution in [0.1, 0.15) is 12.0 Å². The summed E-state index contributed by atoms with van der Waals surface area (Å²) in [5.74, 6) is 0. The maximum atomic E-state index is 12.0. The molecule has 1 fully saturated rings. The van der Waals surface area contributed by atoms with Crippen molar-refractivity contribution < 1.29 is 8.42 Å². The predicted molar refractivity (Wildman–Crippen MR) is 63.8 cm³/mol. The van der Waals surface area contributed by atoms with E-state index < -0.39 is 9.84 Å². The first kappa shape index (κ1) is 10.9. The first-order valence-electron chi connectivity index (χ1n) is 4.65. The number of hydrogen-bond donors (Lipinski definition) is 0. The van der Waals surface area contributed by atoms with Crippen LogP contribution in [0.15, 0.2) is 39.7 Å². The lowest BCUT2D eigenvalue weighted by atomic mass is 10.2. The number of benzene rings is 1. The Bertz CT molecular complexity index is 500. The van der Waals surface area contributed by atoms with Crippen LogP contribution in [0.4, 0.5) is 0 Å². The van der Waals surface area contributed by atoms with Gasteiger partial charge in [-0.15, -0.1) is 0 Å². The van der Waals surface area contributed by atoms with Crippen molar-refractivity contribution in [3.8, 4) is 0 Å². The molecular formula is C11H11BrO2S. The zero-order chi connectivity index (χ0) is 11.1. The van der Waals surface area contributed by atoms with Gasteiger partial charge in [-0.1, -0.05) is 33.6 Å². The van der Waals surface area contributed by atoms with Gasteiger partial charge in [0.2, 0.25) is 0 Å². The van der Waals surface area contributed by atoms with E-state index in [-0.39, 0.29) is 5.25 Å². The van der Waals surface area contributed by atoms with Gasteiger partial charge in [-0.2, -0.15) is 0 Å². The van der Waals surface area contributed by atoms with Gasteiger partial charge in [-0.25, -0.2) is 8.42 Å². The van der Waals surface area contributed by atoms with Crippen molar-refractivity contribution in [2.45, 2.75) is 23.5 Å². The van der Waals surface area contributed by atoms with E-state index in [1.54, 1.807) is 17.1 Å². The topological polar surface area (TPSA) is 34.1 Å². The predicted octanol–water partition coefficient (Wildman–Crippen LogP) is 2.82. The molecule has 1 unspecified atom stereocenters. The minimum absolute atomic E-state index is 0.306. The van der Waals surface area contributed by atoms with Crippen LogP contribution in [0.25, 0.3) is 0 Å². The third kappa shape index (κ3) is 2.01. The van der Waals surface area contributed by atoms with Crippen molar-refractivity contribution in [3.05, 3.63) is 40.4 Å². The minimum Gasteiger partial charge on any atom is -0.223 e. The first-order valence-corrected chi connectivity index (χ1v) is 7.11. The third-order valence-corrected chi connectivity index (χ3v) is 5.27. The van der Waals surface area contributed by atoms with Crippen LogP contribution in [-0.4, -0.2) is 13.7 Å². The molecule has 80 valence electrons. The van der Waals surface area contributed by atoms with Crippen LogP contribution >= 0.6 is 15.9 Å². The Hall–Kier alpha value is -0.610. The second kappa shape index (κ2) is 3.76. The summed E-state index contributed by atoms with van der Waals surface area (Å²) < 4.78 is 24.0. The molecule has 0 N–H and O–H groups in total. The van der Waals surface area contributed by atoms with Crippen molar-refractivity contribution >= 4 is 25.8 Å². The molecule has 1 aliphatic carbocycles. The van der Waals surface area contributed by atoms with Gasteiger partial charge >= 0.3 is 0 Å². The molecular weight excluding hydrogens is 276 g/mol. The lowest BCUT2D eigenvalue weighted by molar-refractivity contribution is 0.595. The molecule has 15 heavy (non-hydrogen) atoms. The summed E-state index contributed by atoms with van der Waals surface area (Å²) >= 11 is 3.17. The normalized spacial score (nSPS) is 23.1. The Morgan fingerprint density at radius 2 is 1.93 bits per heavy atom. The molecule has 0 bridgehead atoms. The van der Waals surface area contributed by atoms with Crippen LogP contribution < -0.4 is 0 Å². The third-order valence-electron chi connectivity index (χ3n) is 2.54. The van der Waals surface area contributed by atoms with E-state index in [1.807, 2.05) is 19.1 Å². The zero-order valence-electron chi connectivity index (χ0n) is 8.27. The number of hydrogen-bond acceptors (Lipinski definition) is 2. The Morgan fingerprint density at radius 3 is 2.40 bits per heavy atom. The SMILES string of the molecule is Cc1ccc(S(=O)(=O)C2C/C2=C\Br)cc1. The fourth-order valence-corrected chi connectivity index (χ4v) is 3.87. The van der Waals surface area contributed by atoms with Crippen molar-refractivity contribution in [1.82, 2.24) is 0 Å². The van der Waals surface area contributed by atoms with Crippen LogP contribution in [0.2, 0.25) is 0 Å². The molecule has 0 radical (unpaired) electrons. The van der Waals surface area contributed by atoms with Gasteiger partial charge in [0.25, 0.3) is 0 Å². The van der Waals surface area contributed by atoms with Crippen LogP contribution in [0.3, 0.4) is 0 Å². The van der Waals surface area contributed by atoms with Gasteiger partial charge in [0, 0.05) is 0 Å². The summed E-state index contributed by atoms with van der Waals surface area (Å²) in [4.78, 5) is 2.13. The second-order valence-corrected chi connectivity index (χ2v) is 6.32. The summed E-state index contributed by atoms with van der Waals surface area (Å²) in [6.07, 6.45) is 0.654. The summed E-state index contributed by atoms with van der Waals surface area (Å²) in [6, 6.07) is 7.00. The second-order valence-electron chi connectivity index (χ2n) is 3.73. The van der Waals surface area contributed by atoms with Crippen LogP contribution in [-0.2, 0) is 9.84 Å². The maximum Gasteiger partial charge on any atom is 0.185 e. The number of rotatable bonds is 2. The maximum absolute atomic E-state index is 12.0. The number of sulfone groups is 1. The quantitative estimate of drug-likeness (QED) is 0.838. The van der Waals surface area contributed by atoms with Gasteiger partial charge in [0.05, 0.1) is 10.1 Å². The lowest BCUT2D eigenvalue weighted by Gasteiger charge is -2.01. The Labute approximate surface area is 98.1 Å². The van der Waals surface area contributed by atoms with E-state index in [9.17, 15) is 8.42 Å². The fourth-order valence-electron chi connectivity index (χ4n) is 1.47. The van der Waals surface area contributed by atoms with E-state index in [0.717, 1.165) is 11.1 Å². The number of aryl methyl sites for hydroxylation is 1. The van der Waals surface area contributed by atoms with Gasteiger partial charge in [0.15, 0.2) is 9.84 Å². The largest absolute Gasteiger partial charge is 0.223 e. The van der Waals surface area contributed by atoms with Gasteiger partial charge in [0.1, 0.15) is 0 Å². The first-order chi connectivity index (χ1) is 7.05. The molecule has 0 aliphatic heterocycles. The molecule has 0 aromatic heterocycles. The molecule has 1 aromatic rings. The molecule has 1 saturated carbocycles. The smallest absolute Gasteiger partial charge is 0.185 e. The van der Waals surface area contributed by atoms with E-state index in [4.69, 9.17) is 0 Å². The van der Waals surface area contributed by atoms with Gasteiger partial charge < -0.3 is 0 Å². The monoisotopic (exact) mass is 286 g/mol. The van der Waals surface area contributed by atoms with E-state index in [0.29, 0.717) is 11.3 Å². The highest BCUT2D eigenvalue weighted by atomic mass is 79.9. The van der Waals surface area contributed by atoms with Crippen molar-refractivity contribution in [1.29, 1.82) is 0 Å². The van der Waals surface area contributed by atoms with E-state index in [1.165, 1.54) is 0 Å². The summed E-state index contributed by atoms with van der Waals surface area (Å²) in [6.45, 7) is 1.94.